The van der Waals surface area contributed by atoms with E-state index in [9.17, 15) is 4.79 Å². The van der Waals surface area contributed by atoms with Crippen molar-refractivity contribution in [1.29, 1.82) is 0 Å². The van der Waals surface area contributed by atoms with Gasteiger partial charge in [0.2, 0.25) is 5.91 Å². The summed E-state index contributed by atoms with van der Waals surface area (Å²) in [5.74, 6) is 0.000463. The monoisotopic (exact) mass is 212 g/mol. The molecular weight excluding hydrogens is 188 g/mol. The Kier molecular flexibility index (Phi) is 3.15. The Morgan fingerprint density at radius 1 is 1.33 bits per heavy atom. The largest absolute Gasteiger partial charge is 0.351 e. The molecule has 1 fully saturated rings. The maximum absolute atomic E-state index is 11.7. The van der Waals surface area contributed by atoms with Gasteiger partial charge in [0.1, 0.15) is 0 Å². The molecule has 1 aliphatic rings. The summed E-state index contributed by atoms with van der Waals surface area (Å²) in [7, 11) is 0. The van der Waals surface area contributed by atoms with Crippen molar-refractivity contribution in [2.45, 2.75) is 59.5 Å². The lowest BCUT2D eigenvalue weighted by atomic mass is 10.0. The fourth-order valence-electron chi connectivity index (χ4n) is 2.25. The van der Waals surface area contributed by atoms with E-state index in [4.69, 9.17) is 5.73 Å². The van der Waals surface area contributed by atoms with Crippen LogP contribution in [0.4, 0.5) is 0 Å². The molecule has 0 saturated heterocycles. The first-order valence-electron chi connectivity index (χ1n) is 5.81. The third-order valence-electron chi connectivity index (χ3n) is 4.24. The van der Waals surface area contributed by atoms with Gasteiger partial charge in [0.25, 0.3) is 0 Å². The van der Waals surface area contributed by atoms with Gasteiger partial charge in [-0.15, -0.1) is 0 Å². The lowest BCUT2D eigenvalue weighted by Crippen LogP contribution is -2.43. The molecule has 88 valence electrons. The van der Waals surface area contributed by atoms with E-state index in [0.29, 0.717) is 0 Å². The van der Waals surface area contributed by atoms with Crippen LogP contribution >= 0.6 is 0 Å². The van der Waals surface area contributed by atoms with Crippen LogP contribution in [0.15, 0.2) is 0 Å². The first-order valence-corrected chi connectivity index (χ1v) is 5.81. The first kappa shape index (κ1) is 12.5. The Bertz CT molecular complexity index is 244. The molecule has 15 heavy (non-hydrogen) atoms. The molecule has 1 saturated carbocycles. The van der Waals surface area contributed by atoms with E-state index in [1.54, 1.807) is 0 Å². The summed E-state index contributed by atoms with van der Waals surface area (Å²) in [6, 6.07) is -0.0809. The van der Waals surface area contributed by atoms with Crippen LogP contribution < -0.4 is 11.1 Å². The highest BCUT2D eigenvalue weighted by molar-refractivity contribution is 5.82. The summed E-state index contributed by atoms with van der Waals surface area (Å²) in [6.45, 7) is 10.8. The summed E-state index contributed by atoms with van der Waals surface area (Å²) in [6.07, 6.45) is 1.71. The normalized spacial score (nSPS) is 24.7. The topological polar surface area (TPSA) is 55.1 Å². The number of amides is 1. The quantitative estimate of drug-likeness (QED) is 0.744. The average Bonchev–Trinajstić information content (AvgIpc) is 2.48. The Balaban J connectivity index is 2.48. The molecule has 3 heteroatoms. The Morgan fingerprint density at radius 2 is 1.80 bits per heavy atom. The maximum Gasteiger partial charge on any atom is 0.237 e. The van der Waals surface area contributed by atoms with E-state index in [1.165, 1.54) is 0 Å². The molecule has 1 aliphatic carbocycles. The number of nitrogens with two attached hydrogens (primary N) is 1. The van der Waals surface area contributed by atoms with E-state index < -0.39 is 0 Å². The molecule has 3 N–H and O–H groups in total. The van der Waals surface area contributed by atoms with Crippen LogP contribution in [0.1, 0.15) is 47.5 Å². The molecule has 0 radical (unpaired) electrons. The van der Waals surface area contributed by atoms with Crippen molar-refractivity contribution >= 4 is 5.91 Å². The standard InChI is InChI=1S/C12H24N2O/c1-6-7-8(13)9(15)14-10-11(2,3)12(10,4)5/h8,10H,6-7,13H2,1-5H3,(H,14,15). The molecule has 0 spiro atoms. The van der Waals surface area contributed by atoms with Gasteiger partial charge in [0.05, 0.1) is 6.04 Å². The van der Waals surface area contributed by atoms with Gasteiger partial charge in [-0.1, -0.05) is 41.0 Å². The van der Waals surface area contributed by atoms with Crippen molar-refractivity contribution in [3.05, 3.63) is 0 Å². The third kappa shape index (κ3) is 2.03. The second-order valence-electron chi connectivity index (χ2n) is 5.78. The van der Waals surface area contributed by atoms with Crippen LogP contribution in [0, 0.1) is 10.8 Å². The summed E-state index contributed by atoms with van der Waals surface area (Å²) < 4.78 is 0. The zero-order valence-corrected chi connectivity index (χ0v) is 10.6. The van der Waals surface area contributed by atoms with E-state index >= 15 is 0 Å². The van der Waals surface area contributed by atoms with Gasteiger partial charge in [-0.25, -0.2) is 0 Å². The van der Waals surface area contributed by atoms with Crippen molar-refractivity contribution in [2.75, 3.05) is 0 Å². The van der Waals surface area contributed by atoms with Crippen LogP contribution in [0.5, 0.6) is 0 Å². The second kappa shape index (κ2) is 3.78. The van der Waals surface area contributed by atoms with Crippen LogP contribution in [-0.4, -0.2) is 18.0 Å². The number of nitrogens with one attached hydrogen (secondary N) is 1. The van der Waals surface area contributed by atoms with E-state index in [0.717, 1.165) is 12.8 Å². The van der Waals surface area contributed by atoms with Crippen molar-refractivity contribution < 1.29 is 4.79 Å². The lowest BCUT2D eigenvalue weighted by molar-refractivity contribution is -0.122. The summed E-state index contributed by atoms with van der Waals surface area (Å²) in [5.41, 5.74) is 6.15. The fourth-order valence-corrected chi connectivity index (χ4v) is 2.25. The summed E-state index contributed by atoms with van der Waals surface area (Å²) >= 11 is 0. The molecule has 0 bridgehead atoms. The van der Waals surface area contributed by atoms with E-state index in [-0.39, 0.29) is 28.8 Å². The van der Waals surface area contributed by atoms with Crippen LogP contribution in [-0.2, 0) is 4.79 Å². The van der Waals surface area contributed by atoms with Crippen molar-refractivity contribution in [1.82, 2.24) is 5.32 Å². The average molecular weight is 212 g/mol. The molecule has 0 aromatic carbocycles. The van der Waals surface area contributed by atoms with Gasteiger partial charge in [0.15, 0.2) is 0 Å². The highest BCUT2D eigenvalue weighted by Gasteiger charge is 2.65. The van der Waals surface area contributed by atoms with Gasteiger partial charge >= 0.3 is 0 Å². The number of rotatable bonds is 4. The smallest absolute Gasteiger partial charge is 0.237 e. The molecule has 0 aromatic heterocycles. The SMILES string of the molecule is CCCC(N)C(=O)NC1C(C)(C)C1(C)C. The van der Waals surface area contributed by atoms with Crippen LogP contribution in [0.3, 0.4) is 0 Å². The molecule has 1 unspecified atom stereocenters. The zero-order chi connectivity index (χ0) is 11.9. The predicted molar refractivity (Wildman–Crippen MR) is 62.4 cm³/mol. The third-order valence-corrected chi connectivity index (χ3v) is 4.24. The van der Waals surface area contributed by atoms with Crippen LogP contribution in [0.2, 0.25) is 0 Å². The minimum Gasteiger partial charge on any atom is -0.351 e. The highest BCUT2D eigenvalue weighted by atomic mass is 16.2. The molecule has 1 amide bonds. The van der Waals surface area contributed by atoms with Gasteiger partial charge in [0, 0.05) is 6.04 Å². The summed E-state index contributed by atoms with van der Waals surface area (Å²) in [5, 5.41) is 3.06. The zero-order valence-electron chi connectivity index (χ0n) is 10.6. The van der Waals surface area contributed by atoms with Gasteiger partial charge in [-0.3, -0.25) is 4.79 Å². The molecular formula is C12H24N2O. The van der Waals surface area contributed by atoms with Gasteiger partial charge in [-0.05, 0) is 17.3 Å². The minimum absolute atomic E-state index is 0.000463. The summed E-state index contributed by atoms with van der Waals surface area (Å²) in [4.78, 5) is 11.7. The number of hydrogen-bond acceptors (Lipinski definition) is 2. The molecule has 0 aliphatic heterocycles. The first-order chi connectivity index (χ1) is 6.75. The molecule has 1 rings (SSSR count). The maximum atomic E-state index is 11.7. The number of carbonyl (C=O) groups is 1. The molecule has 0 aromatic rings. The Hall–Kier alpha value is -0.570. The minimum atomic E-state index is -0.345. The molecule has 0 heterocycles. The van der Waals surface area contributed by atoms with Crippen molar-refractivity contribution in [3.63, 3.8) is 0 Å². The second-order valence-corrected chi connectivity index (χ2v) is 5.78. The van der Waals surface area contributed by atoms with Gasteiger partial charge in [-0.2, -0.15) is 0 Å². The molecule has 3 nitrogen and oxygen atoms in total. The van der Waals surface area contributed by atoms with E-state index in [1.807, 2.05) is 6.92 Å². The lowest BCUT2D eigenvalue weighted by Gasteiger charge is -2.12. The Labute approximate surface area is 92.8 Å². The van der Waals surface area contributed by atoms with Crippen LogP contribution in [0.25, 0.3) is 0 Å². The molecule has 1 atom stereocenters. The number of carbonyl (C=O) groups excluding carboxylic acids is 1. The predicted octanol–water partition coefficient (Wildman–Crippen LogP) is 1.66. The fraction of sp³-hybridized carbons (Fsp3) is 0.917. The van der Waals surface area contributed by atoms with Crippen molar-refractivity contribution in [2.24, 2.45) is 16.6 Å². The van der Waals surface area contributed by atoms with E-state index in [2.05, 4.69) is 33.0 Å². The van der Waals surface area contributed by atoms with Crippen molar-refractivity contribution in [3.8, 4) is 0 Å². The highest BCUT2D eigenvalue weighted by Crippen LogP contribution is 2.62. The Morgan fingerprint density at radius 3 is 2.13 bits per heavy atom. The number of hydrogen-bond donors (Lipinski definition) is 2. The van der Waals surface area contributed by atoms with Gasteiger partial charge < -0.3 is 11.1 Å².